The second-order valence-electron chi connectivity index (χ2n) is 4.49. The SMILES string of the molecule is O=C1NC(Cc2ccccc2)=N/C1=C/c1ccncc1. The first-order valence-corrected chi connectivity index (χ1v) is 6.36. The number of hydrogen-bond donors (Lipinski definition) is 1. The summed E-state index contributed by atoms with van der Waals surface area (Å²) < 4.78 is 0. The maximum atomic E-state index is 11.9. The Bertz CT molecular complexity index is 675. The zero-order chi connectivity index (χ0) is 13.8. The van der Waals surface area contributed by atoms with Crippen molar-refractivity contribution in [3.05, 3.63) is 71.7 Å². The molecule has 2 heterocycles. The van der Waals surface area contributed by atoms with Crippen LogP contribution in [0.1, 0.15) is 11.1 Å². The quantitative estimate of drug-likeness (QED) is 0.863. The van der Waals surface area contributed by atoms with Gasteiger partial charge in [0.2, 0.25) is 0 Å². The van der Waals surface area contributed by atoms with Crippen molar-refractivity contribution in [2.45, 2.75) is 6.42 Å². The highest BCUT2D eigenvalue weighted by Gasteiger charge is 2.19. The third-order valence-electron chi connectivity index (χ3n) is 2.97. The van der Waals surface area contributed by atoms with E-state index in [1.54, 1.807) is 18.5 Å². The van der Waals surface area contributed by atoms with Gasteiger partial charge < -0.3 is 5.32 Å². The molecule has 0 aliphatic carbocycles. The van der Waals surface area contributed by atoms with E-state index in [0.717, 1.165) is 11.1 Å². The van der Waals surface area contributed by atoms with Gasteiger partial charge >= 0.3 is 0 Å². The van der Waals surface area contributed by atoms with Gasteiger partial charge in [-0.15, -0.1) is 0 Å². The second-order valence-corrected chi connectivity index (χ2v) is 4.49. The maximum Gasteiger partial charge on any atom is 0.275 e. The lowest BCUT2D eigenvalue weighted by molar-refractivity contribution is -0.115. The first-order chi connectivity index (χ1) is 9.81. The van der Waals surface area contributed by atoms with Crippen LogP contribution >= 0.6 is 0 Å². The molecule has 1 amide bonds. The van der Waals surface area contributed by atoms with E-state index in [0.29, 0.717) is 18.0 Å². The number of carbonyl (C=O) groups excluding carboxylic acids is 1. The van der Waals surface area contributed by atoms with E-state index in [1.165, 1.54) is 0 Å². The summed E-state index contributed by atoms with van der Waals surface area (Å²) in [5.74, 6) is 0.522. The number of pyridine rings is 1. The number of benzene rings is 1. The second kappa shape index (κ2) is 5.48. The minimum Gasteiger partial charge on any atom is -0.308 e. The summed E-state index contributed by atoms with van der Waals surface area (Å²) in [5, 5.41) is 2.80. The van der Waals surface area contributed by atoms with Gasteiger partial charge in [0.25, 0.3) is 5.91 Å². The zero-order valence-electron chi connectivity index (χ0n) is 10.8. The van der Waals surface area contributed by atoms with Gasteiger partial charge in [-0.3, -0.25) is 9.78 Å². The molecule has 1 N–H and O–H groups in total. The predicted molar refractivity (Wildman–Crippen MR) is 77.9 cm³/mol. The number of nitrogens with one attached hydrogen (secondary N) is 1. The molecule has 1 aromatic carbocycles. The normalized spacial score (nSPS) is 16.1. The third kappa shape index (κ3) is 2.80. The standard InChI is InChI=1S/C16H13N3O/c20-16-14(10-13-6-8-17-9-7-13)18-15(19-16)11-12-4-2-1-3-5-12/h1-10H,11H2,(H,18,19,20)/b14-10+. The minimum absolute atomic E-state index is 0.159. The number of hydrogen-bond acceptors (Lipinski definition) is 3. The van der Waals surface area contributed by atoms with Crippen LogP contribution in [-0.4, -0.2) is 16.7 Å². The van der Waals surface area contributed by atoms with Crippen LogP contribution in [0, 0.1) is 0 Å². The Hall–Kier alpha value is -2.75. The Labute approximate surface area is 116 Å². The lowest BCUT2D eigenvalue weighted by atomic mass is 10.1. The van der Waals surface area contributed by atoms with Crippen molar-refractivity contribution in [3.8, 4) is 0 Å². The van der Waals surface area contributed by atoms with E-state index < -0.39 is 0 Å². The Morgan fingerprint density at radius 3 is 2.55 bits per heavy atom. The van der Waals surface area contributed by atoms with Gasteiger partial charge in [0.15, 0.2) is 0 Å². The number of aliphatic imine (C=N–C) groups is 1. The van der Waals surface area contributed by atoms with E-state index in [9.17, 15) is 4.79 Å². The lowest BCUT2D eigenvalue weighted by Crippen LogP contribution is -2.25. The molecule has 0 bridgehead atoms. The monoisotopic (exact) mass is 263 g/mol. The van der Waals surface area contributed by atoms with Crippen molar-refractivity contribution in [1.82, 2.24) is 10.3 Å². The largest absolute Gasteiger partial charge is 0.308 e. The minimum atomic E-state index is -0.159. The summed E-state index contributed by atoms with van der Waals surface area (Å²) in [7, 11) is 0. The molecule has 3 rings (SSSR count). The van der Waals surface area contributed by atoms with Gasteiger partial charge in [-0.05, 0) is 29.3 Å². The van der Waals surface area contributed by atoms with E-state index in [2.05, 4.69) is 15.3 Å². The highest BCUT2D eigenvalue weighted by molar-refractivity contribution is 6.14. The number of amidine groups is 1. The van der Waals surface area contributed by atoms with E-state index in [-0.39, 0.29) is 5.91 Å². The van der Waals surface area contributed by atoms with Gasteiger partial charge in [0.1, 0.15) is 11.5 Å². The van der Waals surface area contributed by atoms with Gasteiger partial charge in [-0.2, -0.15) is 0 Å². The molecule has 4 nitrogen and oxygen atoms in total. The van der Waals surface area contributed by atoms with Crippen molar-refractivity contribution in [3.63, 3.8) is 0 Å². The molecule has 0 radical (unpaired) electrons. The van der Waals surface area contributed by atoms with Gasteiger partial charge in [-0.25, -0.2) is 4.99 Å². The topological polar surface area (TPSA) is 54.4 Å². The van der Waals surface area contributed by atoms with Crippen LogP contribution in [0.5, 0.6) is 0 Å². The molecule has 1 aliphatic rings. The summed E-state index contributed by atoms with van der Waals surface area (Å²) >= 11 is 0. The zero-order valence-corrected chi connectivity index (χ0v) is 10.8. The summed E-state index contributed by atoms with van der Waals surface area (Å²) in [4.78, 5) is 20.2. The molecule has 98 valence electrons. The van der Waals surface area contributed by atoms with Crippen LogP contribution in [0.4, 0.5) is 0 Å². The van der Waals surface area contributed by atoms with Crippen LogP contribution in [0.15, 0.2) is 65.5 Å². The van der Waals surface area contributed by atoms with Gasteiger partial charge in [0, 0.05) is 18.8 Å². The molecular formula is C16H13N3O. The van der Waals surface area contributed by atoms with Crippen LogP contribution in [0.25, 0.3) is 6.08 Å². The van der Waals surface area contributed by atoms with Crippen LogP contribution in [0.3, 0.4) is 0 Å². The fourth-order valence-corrected chi connectivity index (χ4v) is 2.01. The highest BCUT2D eigenvalue weighted by Crippen LogP contribution is 2.13. The molecular weight excluding hydrogens is 250 g/mol. The molecule has 1 aromatic heterocycles. The van der Waals surface area contributed by atoms with Crippen molar-refractivity contribution in [2.24, 2.45) is 4.99 Å². The van der Waals surface area contributed by atoms with Gasteiger partial charge in [0.05, 0.1) is 0 Å². The number of aromatic nitrogens is 1. The maximum absolute atomic E-state index is 11.9. The molecule has 20 heavy (non-hydrogen) atoms. The highest BCUT2D eigenvalue weighted by atomic mass is 16.2. The Balaban J connectivity index is 1.81. The van der Waals surface area contributed by atoms with E-state index in [1.807, 2.05) is 42.5 Å². The molecule has 0 unspecified atom stereocenters. The summed E-state index contributed by atoms with van der Waals surface area (Å²) in [6.45, 7) is 0. The number of amides is 1. The van der Waals surface area contributed by atoms with Crippen molar-refractivity contribution < 1.29 is 4.79 Å². The molecule has 0 atom stereocenters. The average Bonchev–Trinajstić information content (AvgIpc) is 2.81. The summed E-state index contributed by atoms with van der Waals surface area (Å²) in [6, 6.07) is 13.6. The predicted octanol–water partition coefficient (Wildman–Crippen LogP) is 2.19. The molecule has 1 aliphatic heterocycles. The molecule has 0 saturated heterocycles. The lowest BCUT2D eigenvalue weighted by Gasteiger charge is -1.99. The summed E-state index contributed by atoms with van der Waals surface area (Å²) in [6.07, 6.45) is 5.76. The Kier molecular flexibility index (Phi) is 3.37. The first kappa shape index (κ1) is 12.3. The van der Waals surface area contributed by atoms with Crippen LogP contribution in [0.2, 0.25) is 0 Å². The van der Waals surface area contributed by atoms with E-state index >= 15 is 0 Å². The molecule has 0 fully saturated rings. The number of nitrogens with zero attached hydrogens (tertiary/aromatic N) is 2. The fraction of sp³-hybridized carbons (Fsp3) is 0.0625. The fourth-order valence-electron chi connectivity index (χ4n) is 2.01. The smallest absolute Gasteiger partial charge is 0.275 e. The number of carbonyl (C=O) groups is 1. The van der Waals surface area contributed by atoms with Crippen molar-refractivity contribution in [1.29, 1.82) is 0 Å². The van der Waals surface area contributed by atoms with Crippen molar-refractivity contribution in [2.75, 3.05) is 0 Å². The van der Waals surface area contributed by atoms with Crippen LogP contribution in [-0.2, 0) is 11.2 Å². The van der Waals surface area contributed by atoms with Crippen molar-refractivity contribution >= 4 is 17.8 Å². The Morgan fingerprint density at radius 2 is 1.80 bits per heavy atom. The Morgan fingerprint density at radius 1 is 1.05 bits per heavy atom. The van der Waals surface area contributed by atoms with Gasteiger partial charge in [-0.1, -0.05) is 30.3 Å². The third-order valence-corrected chi connectivity index (χ3v) is 2.97. The molecule has 2 aromatic rings. The summed E-state index contributed by atoms with van der Waals surface area (Å²) in [5.41, 5.74) is 2.47. The molecule has 0 spiro atoms. The first-order valence-electron chi connectivity index (χ1n) is 6.36. The molecule has 4 heteroatoms. The average molecular weight is 263 g/mol. The van der Waals surface area contributed by atoms with Crippen LogP contribution < -0.4 is 5.32 Å². The number of rotatable bonds is 3. The molecule has 0 saturated carbocycles. The van der Waals surface area contributed by atoms with E-state index in [4.69, 9.17) is 0 Å².